The van der Waals surface area contributed by atoms with Crippen LogP contribution in [0.3, 0.4) is 0 Å². The number of nitrogens with zero attached hydrogens (tertiary/aromatic N) is 2. The van der Waals surface area contributed by atoms with E-state index in [0.717, 1.165) is 44.0 Å². The van der Waals surface area contributed by atoms with Gasteiger partial charge in [-0.05, 0) is 32.1 Å². The van der Waals surface area contributed by atoms with Crippen LogP contribution in [0.2, 0.25) is 0 Å². The number of nitrogen functional groups attached to an aromatic ring is 1. The summed E-state index contributed by atoms with van der Waals surface area (Å²) in [7, 11) is 0. The molecule has 6 nitrogen and oxygen atoms in total. The van der Waals surface area contributed by atoms with Crippen LogP contribution in [0.4, 0.5) is 11.6 Å². The zero-order valence-electron chi connectivity index (χ0n) is 11.9. The SMILES string of the molecule is Cc1nc(NN)c(C)c(NCC2(C)CCOCC2)n1. The lowest BCUT2D eigenvalue weighted by Gasteiger charge is -2.34. The van der Waals surface area contributed by atoms with Crippen molar-refractivity contribution in [3.8, 4) is 0 Å². The molecule has 2 rings (SSSR count). The fraction of sp³-hybridized carbons (Fsp3) is 0.692. The third-order valence-corrected chi connectivity index (χ3v) is 3.78. The molecule has 1 fully saturated rings. The van der Waals surface area contributed by atoms with E-state index in [0.29, 0.717) is 11.6 Å². The van der Waals surface area contributed by atoms with Gasteiger partial charge in [0.1, 0.15) is 17.5 Å². The molecule has 1 aromatic heterocycles. The summed E-state index contributed by atoms with van der Waals surface area (Å²) in [5.74, 6) is 7.70. The van der Waals surface area contributed by atoms with Crippen molar-refractivity contribution in [1.82, 2.24) is 9.97 Å². The molecule has 0 amide bonds. The minimum Gasteiger partial charge on any atom is -0.381 e. The van der Waals surface area contributed by atoms with Crippen molar-refractivity contribution >= 4 is 11.6 Å². The molecule has 1 aromatic rings. The van der Waals surface area contributed by atoms with Crippen LogP contribution in [0.1, 0.15) is 31.2 Å². The highest BCUT2D eigenvalue weighted by Crippen LogP contribution is 2.30. The highest BCUT2D eigenvalue weighted by Gasteiger charge is 2.27. The number of nitrogens with two attached hydrogens (primary N) is 1. The molecule has 0 aromatic carbocycles. The summed E-state index contributed by atoms with van der Waals surface area (Å²) in [6, 6.07) is 0. The Morgan fingerprint density at radius 3 is 2.47 bits per heavy atom. The molecule has 1 aliphatic rings. The number of ether oxygens (including phenoxy) is 1. The van der Waals surface area contributed by atoms with E-state index in [1.54, 1.807) is 0 Å². The number of nitrogens with one attached hydrogen (secondary N) is 2. The van der Waals surface area contributed by atoms with Crippen molar-refractivity contribution in [3.63, 3.8) is 0 Å². The van der Waals surface area contributed by atoms with Gasteiger partial charge in [-0.25, -0.2) is 15.8 Å². The summed E-state index contributed by atoms with van der Waals surface area (Å²) in [6.07, 6.45) is 2.15. The first-order valence-electron chi connectivity index (χ1n) is 6.67. The quantitative estimate of drug-likeness (QED) is 0.566. The van der Waals surface area contributed by atoms with Gasteiger partial charge in [0.15, 0.2) is 0 Å². The van der Waals surface area contributed by atoms with E-state index in [1.165, 1.54) is 0 Å². The number of rotatable bonds is 4. The minimum absolute atomic E-state index is 0.264. The predicted molar refractivity (Wildman–Crippen MR) is 76.0 cm³/mol. The first-order valence-corrected chi connectivity index (χ1v) is 6.67. The molecule has 106 valence electrons. The monoisotopic (exact) mass is 265 g/mol. The van der Waals surface area contributed by atoms with E-state index in [1.807, 2.05) is 13.8 Å². The van der Waals surface area contributed by atoms with Crippen LogP contribution in [-0.2, 0) is 4.74 Å². The van der Waals surface area contributed by atoms with Gasteiger partial charge in [-0.15, -0.1) is 0 Å². The van der Waals surface area contributed by atoms with Crippen LogP contribution in [-0.4, -0.2) is 29.7 Å². The third-order valence-electron chi connectivity index (χ3n) is 3.78. The average molecular weight is 265 g/mol. The largest absolute Gasteiger partial charge is 0.381 e. The molecule has 0 saturated carbocycles. The standard InChI is InChI=1S/C13H23N5O/c1-9-11(16-10(2)17-12(9)18-14)15-8-13(3)4-6-19-7-5-13/h4-8,14H2,1-3H3,(H2,15,16,17,18). The van der Waals surface area contributed by atoms with Gasteiger partial charge in [0, 0.05) is 25.3 Å². The van der Waals surface area contributed by atoms with Gasteiger partial charge in [0.05, 0.1) is 0 Å². The van der Waals surface area contributed by atoms with Gasteiger partial charge < -0.3 is 15.5 Å². The molecular weight excluding hydrogens is 242 g/mol. The molecule has 19 heavy (non-hydrogen) atoms. The van der Waals surface area contributed by atoms with Crippen molar-refractivity contribution in [3.05, 3.63) is 11.4 Å². The van der Waals surface area contributed by atoms with E-state index in [4.69, 9.17) is 10.6 Å². The smallest absolute Gasteiger partial charge is 0.148 e. The minimum atomic E-state index is 0.264. The topological polar surface area (TPSA) is 85.1 Å². The summed E-state index contributed by atoms with van der Waals surface area (Å²) < 4.78 is 5.42. The number of aromatic nitrogens is 2. The van der Waals surface area contributed by atoms with Crippen LogP contribution < -0.4 is 16.6 Å². The molecule has 1 saturated heterocycles. The van der Waals surface area contributed by atoms with Crippen LogP contribution >= 0.6 is 0 Å². The molecule has 2 heterocycles. The van der Waals surface area contributed by atoms with Crippen LogP contribution in [0.5, 0.6) is 0 Å². The second-order valence-electron chi connectivity index (χ2n) is 5.51. The zero-order valence-corrected chi connectivity index (χ0v) is 11.9. The molecule has 0 radical (unpaired) electrons. The Morgan fingerprint density at radius 1 is 1.21 bits per heavy atom. The van der Waals surface area contributed by atoms with E-state index in [9.17, 15) is 0 Å². The van der Waals surface area contributed by atoms with Gasteiger partial charge in [0.25, 0.3) is 0 Å². The molecule has 0 atom stereocenters. The Labute approximate surface area is 114 Å². The summed E-state index contributed by atoms with van der Waals surface area (Å²) in [5.41, 5.74) is 3.82. The Hall–Kier alpha value is -1.40. The summed E-state index contributed by atoms with van der Waals surface area (Å²) in [5, 5.41) is 3.44. The lowest BCUT2D eigenvalue weighted by atomic mass is 9.82. The molecule has 0 bridgehead atoms. The normalized spacial score (nSPS) is 18.1. The Balaban J connectivity index is 2.08. The first-order chi connectivity index (χ1) is 9.04. The molecule has 0 unspecified atom stereocenters. The van der Waals surface area contributed by atoms with Crippen molar-refractivity contribution in [1.29, 1.82) is 0 Å². The van der Waals surface area contributed by atoms with Gasteiger partial charge in [-0.2, -0.15) is 0 Å². The van der Waals surface area contributed by atoms with Crippen LogP contribution in [0, 0.1) is 19.3 Å². The van der Waals surface area contributed by atoms with Gasteiger partial charge in [-0.3, -0.25) is 0 Å². The van der Waals surface area contributed by atoms with Crippen molar-refractivity contribution in [2.75, 3.05) is 30.5 Å². The number of hydrazine groups is 1. The van der Waals surface area contributed by atoms with Crippen molar-refractivity contribution in [2.45, 2.75) is 33.6 Å². The maximum absolute atomic E-state index is 5.47. The van der Waals surface area contributed by atoms with Crippen LogP contribution in [0.25, 0.3) is 0 Å². The van der Waals surface area contributed by atoms with Crippen LogP contribution in [0.15, 0.2) is 0 Å². The highest BCUT2D eigenvalue weighted by molar-refractivity contribution is 5.56. The number of hydrogen-bond acceptors (Lipinski definition) is 6. The maximum atomic E-state index is 5.47. The molecular formula is C13H23N5O. The van der Waals surface area contributed by atoms with E-state index in [2.05, 4.69) is 27.6 Å². The van der Waals surface area contributed by atoms with E-state index >= 15 is 0 Å². The average Bonchev–Trinajstić information content (AvgIpc) is 2.40. The number of aryl methyl sites for hydroxylation is 1. The summed E-state index contributed by atoms with van der Waals surface area (Å²) in [4.78, 5) is 8.70. The lowest BCUT2D eigenvalue weighted by molar-refractivity contribution is 0.0299. The van der Waals surface area contributed by atoms with Gasteiger partial charge in [-0.1, -0.05) is 6.92 Å². The Morgan fingerprint density at radius 2 is 1.84 bits per heavy atom. The molecule has 0 aliphatic carbocycles. The molecule has 4 N–H and O–H groups in total. The second-order valence-corrected chi connectivity index (χ2v) is 5.51. The molecule has 6 heteroatoms. The summed E-state index contributed by atoms with van der Waals surface area (Å²) >= 11 is 0. The Bertz CT molecular complexity index is 443. The van der Waals surface area contributed by atoms with E-state index in [-0.39, 0.29) is 5.41 Å². The molecule has 1 aliphatic heterocycles. The number of hydrogen-bond donors (Lipinski definition) is 3. The Kier molecular flexibility index (Phi) is 4.21. The maximum Gasteiger partial charge on any atom is 0.148 e. The predicted octanol–water partition coefficient (Wildman–Crippen LogP) is 1.61. The number of anilines is 2. The lowest BCUT2D eigenvalue weighted by Crippen LogP contribution is -2.33. The van der Waals surface area contributed by atoms with Gasteiger partial charge in [0.2, 0.25) is 0 Å². The fourth-order valence-corrected chi connectivity index (χ4v) is 2.28. The van der Waals surface area contributed by atoms with Crippen molar-refractivity contribution in [2.24, 2.45) is 11.3 Å². The fourth-order valence-electron chi connectivity index (χ4n) is 2.28. The summed E-state index contributed by atoms with van der Waals surface area (Å²) in [6.45, 7) is 8.68. The second kappa shape index (κ2) is 5.71. The zero-order chi connectivity index (χ0) is 13.9. The highest BCUT2D eigenvalue weighted by atomic mass is 16.5. The third kappa shape index (κ3) is 3.33. The first kappa shape index (κ1) is 14.0. The van der Waals surface area contributed by atoms with E-state index < -0.39 is 0 Å². The molecule has 0 spiro atoms. The van der Waals surface area contributed by atoms with Crippen molar-refractivity contribution < 1.29 is 4.74 Å². The van der Waals surface area contributed by atoms with Gasteiger partial charge >= 0.3 is 0 Å².